The molecule has 7 nitrogen and oxygen atoms in total. The second-order valence-corrected chi connectivity index (χ2v) is 9.09. The molecule has 0 amide bonds. The molecule has 2 aliphatic rings. The zero-order chi connectivity index (χ0) is 23.9. The Kier molecular flexibility index (Phi) is 5.76. The molecule has 1 aliphatic heterocycles. The number of fused-ring (bicyclic) bond motifs is 1. The molecule has 3 aromatic heterocycles. The summed E-state index contributed by atoms with van der Waals surface area (Å²) < 4.78 is 70.7. The first-order chi connectivity index (χ1) is 16.2. The van der Waals surface area contributed by atoms with Crippen LogP contribution in [-0.2, 0) is 12.7 Å². The van der Waals surface area contributed by atoms with Crippen LogP contribution >= 0.6 is 0 Å². The molecule has 0 atom stereocenters. The van der Waals surface area contributed by atoms with Gasteiger partial charge in [0.1, 0.15) is 23.6 Å². The number of pyridine rings is 1. The first-order valence-electron chi connectivity index (χ1n) is 11.1. The molecular formula is C22H23F5N6O. The molecule has 1 spiro atoms. The predicted molar refractivity (Wildman–Crippen MR) is 113 cm³/mol. The molecule has 0 aromatic carbocycles. The number of hydrogen-bond donors (Lipinski definition) is 0. The van der Waals surface area contributed by atoms with E-state index in [1.165, 1.54) is 23.0 Å². The minimum absolute atomic E-state index is 0.00866. The van der Waals surface area contributed by atoms with Crippen LogP contribution in [0, 0.1) is 11.3 Å². The lowest BCUT2D eigenvalue weighted by atomic mass is 9.58. The molecule has 0 radical (unpaired) electrons. The quantitative estimate of drug-likeness (QED) is 0.479. The average Bonchev–Trinajstić information content (AvgIpc) is 3.17. The van der Waals surface area contributed by atoms with E-state index in [-0.39, 0.29) is 17.2 Å². The van der Waals surface area contributed by atoms with Gasteiger partial charge in [-0.3, -0.25) is 0 Å². The maximum Gasteiger partial charge on any atom is 0.433 e. The molecule has 5 rings (SSSR count). The van der Waals surface area contributed by atoms with Gasteiger partial charge in [-0.1, -0.05) is 6.07 Å². The van der Waals surface area contributed by atoms with Crippen LogP contribution in [0.2, 0.25) is 0 Å². The Balaban J connectivity index is 1.14. The zero-order valence-corrected chi connectivity index (χ0v) is 18.2. The number of alkyl halides is 5. The Morgan fingerprint density at radius 1 is 1.09 bits per heavy atom. The van der Waals surface area contributed by atoms with Crippen LogP contribution in [0.3, 0.4) is 0 Å². The summed E-state index contributed by atoms with van der Waals surface area (Å²) in [6.07, 6.45) is -0.145. The Morgan fingerprint density at radius 2 is 1.85 bits per heavy atom. The van der Waals surface area contributed by atoms with Gasteiger partial charge < -0.3 is 9.64 Å². The van der Waals surface area contributed by atoms with Crippen molar-refractivity contribution in [3.8, 4) is 5.88 Å². The van der Waals surface area contributed by atoms with Crippen LogP contribution in [0.5, 0.6) is 5.88 Å². The summed E-state index contributed by atoms with van der Waals surface area (Å²) in [7, 11) is 0. The predicted octanol–water partition coefficient (Wildman–Crippen LogP) is 4.58. The van der Waals surface area contributed by atoms with Gasteiger partial charge in [0.05, 0.1) is 19.0 Å². The van der Waals surface area contributed by atoms with E-state index < -0.39 is 24.8 Å². The summed E-state index contributed by atoms with van der Waals surface area (Å²) in [6, 6.07) is 3.66. The van der Waals surface area contributed by atoms with E-state index in [4.69, 9.17) is 4.74 Å². The number of anilines is 1. The Bertz CT molecular complexity index is 1150. The van der Waals surface area contributed by atoms with Gasteiger partial charge in [0.25, 0.3) is 6.43 Å². The van der Waals surface area contributed by atoms with Gasteiger partial charge in [0.15, 0.2) is 5.65 Å². The average molecular weight is 482 g/mol. The van der Waals surface area contributed by atoms with Crippen molar-refractivity contribution in [2.75, 3.05) is 24.6 Å². The summed E-state index contributed by atoms with van der Waals surface area (Å²) in [6.45, 7) is 1.36. The summed E-state index contributed by atoms with van der Waals surface area (Å²) in [5, 5.41) is 3.95. The zero-order valence-electron chi connectivity index (χ0n) is 18.2. The third-order valence-electron chi connectivity index (χ3n) is 6.72. The maximum absolute atomic E-state index is 12.8. The van der Waals surface area contributed by atoms with Crippen molar-refractivity contribution in [2.45, 2.75) is 44.8 Å². The molecular weight excluding hydrogens is 459 g/mol. The van der Waals surface area contributed by atoms with E-state index in [0.717, 1.165) is 44.8 Å². The highest BCUT2D eigenvalue weighted by molar-refractivity contribution is 5.71. The minimum Gasteiger partial charge on any atom is -0.477 e. The first kappa shape index (κ1) is 22.7. The van der Waals surface area contributed by atoms with Gasteiger partial charge in [-0.15, -0.1) is 0 Å². The molecule has 0 unspecified atom stereocenters. The monoisotopic (exact) mass is 482 g/mol. The fraction of sp³-hybridized carbons (Fsp3) is 0.545. The molecule has 12 heteroatoms. The topological polar surface area (TPSA) is 69.0 Å². The number of hydrogen-bond acceptors (Lipinski definition) is 6. The van der Waals surface area contributed by atoms with Crippen molar-refractivity contribution in [1.82, 2.24) is 24.7 Å². The van der Waals surface area contributed by atoms with E-state index in [2.05, 4.69) is 25.0 Å². The van der Waals surface area contributed by atoms with Crippen LogP contribution < -0.4 is 9.64 Å². The summed E-state index contributed by atoms with van der Waals surface area (Å²) in [5.41, 5.74) is 0.0684. The highest BCUT2D eigenvalue weighted by Gasteiger charge is 2.46. The van der Waals surface area contributed by atoms with Gasteiger partial charge >= 0.3 is 6.18 Å². The first-order valence-corrected chi connectivity index (χ1v) is 11.1. The SMILES string of the molecule is FC(F)Cn1ncc2ncc(N3CCC4(CC3)CC(COc3cccc(C(F)(F)F)n3)C4)nc21. The normalized spacial score (nSPS) is 18.6. The third-order valence-corrected chi connectivity index (χ3v) is 6.72. The van der Waals surface area contributed by atoms with E-state index in [1.807, 2.05) is 0 Å². The molecule has 4 heterocycles. The lowest BCUT2D eigenvalue weighted by Gasteiger charge is -2.52. The molecule has 1 aliphatic carbocycles. The Morgan fingerprint density at radius 3 is 2.56 bits per heavy atom. The number of halogens is 5. The van der Waals surface area contributed by atoms with Crippen molar-refractivity contribution in [1.29, 1.82) is 0 Å². The maximum atomic E-state index is 12.8. The van der Waals surface area contributed by atoms with Crippen molar-refractivity contribution < 1.29 is 26.7 Å². The minimum atomic E-state index is -4.49. The van der Waals surface area contributed by atoms with Crippen LogP contribution in [0.15, 0.2) is 30.6 Å². The van der Waals surface area contributed by atoms with Crippen LogP contribution in [-0.4, -0.2) is 50.9 Å². The molecule has 0 N–H and O–H groups in total. The fourth-order valence-electron chi connectivity index (χ4n) is 5.01. The van der Waals surface area contributed by atoms with Gasteiger partial charge in [-0.25, -0.2) is 28.4 Å². The van der Waals surface area contributed by atoms with Gasteiger partial charge in [-0.2, -0.15) is 18.3 Å². The highest BCUT2D eigenvalue weighted by Crippen LogP contribution is 2.52. The molecule has 182 valence electrons. The van der Waals surface area contributed by atoms with Crippen molar-refractivity contribution >= 4 is 17.0 Å². The Hall–Kier alpha value is -3.05. The third kappa shape index (κ3) is 4.62. The van der Waals surface area contributed by atoms with E-state index >= 15 is 0 Å². The number of nitrogens with zero attached hydrogens (tertiary/aromatic N) is 6. The molecule has 0 bridgehead atoms. The summed E-state index contributed by atoms with van der Waals surface area (Å²) in [5.74, 6) is 0.918. The summed E-state index contributed by atoms with van der Waals surface area (Å²) >= 11 is 0. The largest absolute Gasteiger partial charge is 0.477 e. The molecule has 3 aromatic rings. The lowest BCUT2D eigenvalue weighted by Crippen LogP contribution is -2.48. The standard InChI is InChI=1S/C22H23F5N6O/c23-17(24)12-33-20-15(10-29-33)28-11-18(31-20)32-6-4-21(5-7-32)8-14(9-21)13-34-19-3-1-2-16(30-19)22(25,26)27/h1-3,10-11,14,17H,4-9,12-13H2. The lowest BCUT2D eigenvalue weighted by molar-refractivity contribution is -0.141. The van der Waals surface area contributed by atoms with E-state index in [1.54, 1.807) is 6.20 Å². The molecule has 1 saturated heterocycles. The van der Waals surface area contributed by atoms with E-state index in [9.17, 15) is 22.0 Å². The van der Waals surface area contributed by atoms with Gasteiger partial charge in [0, 0.05) is 19.2 Å². The number of rotatable bonds is 6. The second kappa shape index (κ2) is 8.62. The highest BCUT2D eigenvalue weighted by atomic mass is 19.4. The Labute approximate surface area is 192 Å². The second-order valence-electron chi connectivity index (χ2n) is 9.09. The smallest absolute Gasteiger partial charge is 0.433 e. The van der Waals surface area contributed by atoms with Crippen LogP contribution in [0.25, 0.3) is 11.2 Å². The number of ether oxygens (including phenoxy) is 1. The van der Waals surface area contributed by atoms with Gasteiger partial charge in [0.2, 0.25) is 5.88 Å². The van der Waals surface area contributed by atoms with Crippen LogP contribution in [0.4, 0.5) is 27.8 Å². The number of aromatic nitrogens is 5. The number of piperidine rings is 1. The molecule has 34 heavy (non-hydrogen) atoms. The molecule has 1 saturated carbocycles. The fourth-order valence-corrected chi connectivity index (χ4v) is 5.01. The van der Waals surface area contributed by atoms with Crippen LogP contribution in [0.1, 0.15) is 31.4 Å². The van der Waals surface area contributed by atoms with E-state index in [0.29, 0.717) is 23.6 Å². The van der Waals surface area contributed by atoms with Gasteiger partial charge in [-0.05, 0) is 43.1 Å². The molecule has 2 fully saturated rings. The summed E-state index contributed by atoms with van der Waals surface area (Å²) in [4.78, 5) is 14.5. The van der Waals surface area contributed by atoms with Crippen molar-refractivity contribution in [3.63, 3.8) is 0 Å². The van der Waals surface area contributed by atoms with Crippen molar-refractivity contribution in [3.05, 3.63) is 36.3 Å². The van der Waals surface area contributed by atoms with Crippen molar-refractivity contribution in [2.24, 2.45) is 11.3 Å².